The molecule has 4 nitrogen and oxygen atoms in total. The molecular weight excluding hydrogens is 1210 g/mol. The Morgan fingerprint density at radius 1 is 0.170 bits per heavy atom. The quantitative estimate of drug-likeness (QED) is 0.166. The van der Waals surface area contributed by atoms with E-state index in [0.717, 1.165) is 22.8 Å². The van der Waals surface area contributed by atoms with Crippen molar-refractivity contribution in [2.75, 3.05) is 0 Å². The molecule has 10 aromatic carbocycles. The number of aromatic nitrogens is 4. The molecule has 0 fully saturated rings. The summed E-state index contributed by atoms with van der Waals surface area (Å²) in [6.45, 7) is 33.4. The van der Waals surface area contributed by atoms with Crippen molar-refractivity contribution in [3.05, 3.63) is 405 Å². The van der Waals surface area contributed by atoms with Crippen LogP contribution in [-0.2, 0) is 0 Å². The van der Waals surface area contributed by atoms with Crippen molar-refractivity contribution in [1.29, 1.82) is 0 Å². The smallest absolute Gasteiger partial charge is 0.0704 e. The van der Waals surface area contributed by atoms with Gasteiger partial charge in [-0.25, -0.2) is 0 Å². The summed E-state index contributed by atoms with van der Waals surface area (Å²) in [6, 6.07) is 102. The van der Waals surface area contributed by atoms with Gasteiger partial charge in [-0.1, -0.05) is 304 Å². The van der Waals surface area contributed by atoms with Crippen LogP contribution < -0.4 is 0 Å². The highest BCUT2D eigenvalue weighted by Gasteiger charge is 2.03. The maximum atomic E-state index is 4.35. The highest BCUT2D eigenvalue weighted by Crippen LogP contribution is 2.25. The number of pyridine rings is 4. The van der Waals surface area contributed by atoms with E-state index in [1.54, 1.807) is 0 Å². The summed E-state index contributed by atoms with van der Waals surface area (Å²) in [5.41, 5.74) is 34.9. The van der Waals surface area contributed by atoms with E-state index in [4.69, 9.17) is 0 Å². The lowest BCUT2D eigenvalue weighted by Gasteiger charge is -2.03. The largest absolute Gasteiger partial charge is 0.264 e. The maximum Gasteiger partial charge on any atom is 0.0704 e. The van der Waals surface area contributed by atoms with Crippen LogP contribution >= 0.6 is 0 Å². The van der Waals surface area contributed by atoms with Crippen molar-refractivity contribution in [3.8, 4) is 67.0 Å². The van der Waals surface area contributed by atoms with Gasteiger partial charge in [0.2, 0.25) is 0 Å². The van der Waals surface area contributed by atoms with Gasteiger partial charge in [0.05, 0.1) is 11.4 Å². The molecule has 0 amide bonds. The average Bonchev–Trinajstić information content (AvgIpc) is 0.907. The van der Waals surface area contributed by atoms with E-state index >= 15 is 0 Å². The lowest BCUT2D eigenvalue weighted by molar-refractivity contribution is 1.12. The highest BCUT2D eigenvalue weighted by molar-refractivity contribution is 5.68. The third kappa shape index (κ3) is 27.4. The normalized spacial score (nSPS) is 10.0. The van der Waals surface area contributed by atoms with Crippen molar-refractivity contribution in [3.63, 3.8) is 0 Å². The minimum absolute atomic E-state index is 1.05. The predicted molar refractivity (Wildman–Crippen MR) is 431 cm³/mol. The van der Waals surface area contributed by atoms with Crippen LogP contribution in [0.5, 0.6) is 0 Å². The van der Waals surface area contributed by atoms with Crippen LogP contribution in [-0.4, -0.2) is 19.9 Å². The van der Waals surface area contributed by atoms with Gasteiger partial charge in [0, 0.05) is 47.3 Å². The van der Waals surface area contributed by atoms with Gasteiger partial charge in [0.1, 0.15) is 0 Å². The summed E-state index contributed by atoms with van der Waals surface area (Å²) >= 11 is 0. The zero-order chi connectivity index (χ0) is 71.8. The fraction of sp³-hybridized carbons (Fsp3) is 0.167. The Kier molecular flexibility index (Phi) is 30.4. The monoisotopic (exact) mass is 1310 g/mol. The molecule has 0 unspecified atom stereocenters. The van der Waals surface area contributed by atoms with Crippen LogP contribution in [0.25, 0.3) is 67.0 Å². The number of rotatable bonds is 6. The van der Waals surface area contributed by atoms with Crippen LogP contribution in [0.1, 0.15) is 89.3 Å². The molecule has 4 heterocycles. The molecule has 4 aromatic heterocycles. The molecule has 4 heteroatoms. The van der Waals surface area contributed by atoms with Gasteiger partial charge in [-0.05, 0) is 220 Å². The Morgan fingerprint density at radius 2 is 0.410 bits per heavy atom. The Labute approximate surface area is 599 Å². The van der Waals surface area contributed by atoms with Gasteiger partial charge in [0.25, 0.3) is 0 Å². The molecule has 0 bridgehead atoms. The zero-order valence-corrected chi connectivity index (χ0v) is 61.8. The lowest BCUT2D eigenvalue weighted by atomic mass is 10.0. The molecule has 14 rings (SSSR count). The Morgan fingerprint density at radius 3 is 0.670 bits per heavy atom. The summed E-state index contributed by atoms with van der Waals surface area (Å²) in [5.74, 6) is 0. The molecule has 100 heavy (non-hydrogen) atoms. The van der Waals surface area contributed by atoms with Gasteiger partial charge >= 0.3 is 0 Å². The Balaban J connectivity index is 0.000000162. The number of hydrogen-bond acceptors (Lipinski definition) is 4. The van der Waals surface area contributed by atoms with Gasteiger partial charge < -0.3 is 0 Å². The first kappa shape index (κ1) is 76.2. The van der Waals surface area contributed by atoms with E-state index in [9.17, 15) is 0 Å². The molecular formula is C96H100N4. The highest BCUT2D eigenvalue weighted by atomic mass is 14.7. The Hall–Kier alpha value is -11.2. The zero-order valence-electron chi connectivity index (χ0n) is 61.8. The molecule has 0 spiro atoms. The van der Waals surface area contributed by atoms with E-state index in [-0.39, 0.29) is 0 Å². The second kappa shape index (κ2) is 39.9. The van der Waals surface area contributed by atoms with Crippen molar-refractivity contribution in [2.24, 2.45) is 0 Å². The van der Waals surface area contributed by atoms with Gasteiger partial charge in [-0.2, -0.15) is 0 Å². The first-order valence-electron chi connectivity index (χ1n) is 34.4. The van der Waals surface area contributed by atoms with E-state index < -0.39 is 0 Å². The molecule has 0 aliphatic rings. The molecule has 0 saturated heterocycles. The van der Waals surface area contributed by atoms with Crippen molar-refractivity contribution < 1.29 is 0 Å². The van der Waals surface area contributed by atoms with E-state index in [0.29, 0.717) is 0 Å². The molecule has 504 valence electrons. The second-order valence-corrected chi connectivity index (χ2v) is 26.1. The third-order valence-corrected chi connectivity index (χ3v) is 16.1. The fourth-order valence-corrected chi connectivity index (χ4v) is 10.6. The van der Waals surface area contributed by atoms with Gasteiger partial charge in [-0.3, -0.25) is 19.9 Å². The topological polar surface area (TPSA) is 51.6 Å². The summed E-state index contributed by atoms with van der Waals surface area (Å²) in [6.07, 6.45) is 7.41. The summed E-state index contributed by atoms with van der Waals surface area (Å²) in [7, 11) is 0. The second-order valence-electron chi connectivity index (χ2n) is 26.1. The first-order chi connectivity index (χ1) is 48.1. The maximum absolute atomic E-state index is 4.35. The minimum Gasteiger partial charge on any atom is -0.264 e. The van der Waals surface area contributed by atoms with Crippen LogP contribution in [0, 0.1) is 111 Å². The summed E-state index contributed by atoms with van der Waals surface area (Å²) < 4.78 is 0. The van der Waals surface area contributed by atoms with Gasteiger partial charge in [0.15, 0.2) is 0 Å². The predicted octanol–water partition coefficient (Wildman–Crippen LogP) is 26.0. The van der Waals surface area contributed by atoms with E-state index in [1.165, 1.54) is 134 Å². The average molecular weight is 1310 g/mol. The van der Waals surface area contributed by atoms with Crippen LogP contribution in [0.4, 0.5) is 0 Å². The molecule has 0 aliphatic carbocycles. The number of hydrogen-bond donors (Lipinski definition) is 0. The van der Waals surface area contributed by atoms with E-state index in [1.807, 2.05) is 82.8 Å². The molecule has 0 radical (unpaired) electrons. The third-order valence-electron chi connectivity index (χ3n) is 16.1. The van der Waals surface area contributed by atoms with Crippen molar-refractivity contribution in [2.45, 2.75) is 111 Å². The number of aryl methyl sites for hydroxylation is 16. The molecule has 0 atom stereocenters. The minimum atomic E-state index is 1.05. The molecule has 0 saturated carbocycles. The number of benzene rings is 10. The Bertz CT molecular complexity index is 4230. The van der Waals surface area contributed by atoms with Gasteiger partial charge in [-0.15, -0.1) is 0 Å². The van der Waals surface area contributed by atoms with Crippen LogP contribution in [0.15, 0.2) is 316 Å². The molecule has 0 aliphatic heterocycles. The van der Waals surface area contributed by atoms with Crippen molar-refractivity contribution in [1.82, 2.24) is 19.9 Å². The fourth-order valence-electron chi connectivity index (χ4n) is 10.6. The summed E-state index contributed by atoms with van der Waals surface area (Å²) in [4.78, 5) is 16.8. The molecule has 14 aromatic rings. The summed E-state index contributed by atoms with van der Waals surface area (Å²) in [5, 5.41) is 0. The lowest BCUT2D eigenvalue weighted by Crippen LogP contribution is -1.84. The first-order valence-corrected chi connectivity index (χ1v) is 34.4. The van der Waals surface area contributed by atoms with Crippen molar-refractivity contribution >= 4 is 0 Å². The number of nitrogens with zero attached hydrogens (tertiary/aromatic N) is 4. The van der Waals surface area contributed by atoms with Crippen LogP contribution in [0.3, 0.4) is 0 Å². The molecule has 0 N–H and O–H groups in total. The van der Waals surface area contributed by atoms with Crippen LogP contribution in [0.2, 0.25) is 0 Å². The standard InChI is InChI=1S/4C14H14.2C13H13N.2C7H9N/c1-11-3-7-13(8-4-11)14-9-5-12(2)6-10-14;1-11-5-3-7-13(9-11)14-8-4-6-12(2)10-14;2*1-11-6-8-13(9-7-11)14-5-3-4-12(2)10-14;1-10-3-5-12(6-4-10)13-9-11(2)7-8-14-13;1-10-4-3-5-12(8-10)13-9-11(2)6-7-14-13;1-6-3-7(2)5-8-4-6;1-6-4-3-5-7(2)8-6/h4*3-10H,1-2H3;2*3-9H,1-2H3;2*3-5H,1-2H3. The van der Waals surface area contributed by atoms with E-state index in [2.05, 4.69) is 364 Å². The SMILES string of the molecule is Cc1ccc(-c2cc(C)ccn2)cc1.Cc1ccc(-c2ccc(C)cc2)cc1.Cc1ccc(-c2cccc(C)c2)cc1.Cc1ccc(-c2cccc(C)c2)cc1.Cc1cccc(-c2cc(C)ccn2)c1.Cc1cccc(-c2cccc(C)c2)c1.Cc1cccc(C)n1.Cc1cncc(C)c1.